The second-order valence-electron chi connectivity index (χ2n) is 6.24. The van der Waals surface area contributed by atoms with Crippen LogP contribution in [0.1, 0.15) is 37.7 Å². The summed E-state index contributed by atoms with van der Waals surface area (Å²) in [5.74, 6) is 0. The summed E-state index contributed by atoms with van der Waals surface area (Å²) in [6.45, 7) is 2.04. The van der Waals surface area contributed by atoms with Crippen LogP contribution in [-0.4, -0.2) is 36.3 Å². The molecule has 0 N–H and O–H groups in total. The number of ether oxygens (including phenoxy) is 2. The van der Waals surface area contributed by atoms with E-state index in [9.17, 15) is 4.79 Å². The van der Waals surface area contributed by atoms with Gasteiger partial charge in [0, 0.05) is 6.61 Å². The van der Waals surface area contributed by atoms with Gasteiger partial charge in [0.1, 0.15) is 6.61 Å². The van der Waals surface area contributed by atoms with E-state index in [1.54, 1.807) is 0 Å². The van der Waals surface area contributed by atoms with Crippen LogP contribution in [0.25, 0.3) is 0 Å². The van der Waals surface area contributed by atoms with Crippen LogP contribution in [0.4, 0.5) is 4.79 Å². The van der Waals surface area contributed by atoms with Crippen LogP contribution in [-0.2, 0) is 16.1 Å². The maximum atomic E-state index is 11.6. The monoisotopic (exact) mass is 315 g/mol. The lowest BCUT2D eigenvalue weighted by Crippen LogP contribution is -2.35. The molecule has 1 saturated heterocycles. The summed E-state index contributed by atoms with van der Waals surface area (Å²) in [4.78, 5) is 13.5. The summed E-state index contributed by atoms with van der Waals surface area (Å²) in [5, 5.41) is 0. The van der Waals surface area contributed by atoms with Crippen LogP contribution < -0.4 is 0 Å². The molecule has 2 aliphatic rings. The van der Waals surface area contributed by atoms with Crippen LogP contribution in [0, 0.1) is 0 Å². The average molecular weight is 315 g/mol. The number of hydrogen-bond acceptors (Lipinski definition) is 3. The molecule has 2 heterocycles. The molecule has 23 heavy (non-hydrogen) atoms. The molecule has 4 nitrogen and oxygen atoms in total. The predicted octanol–water partition coefficient (Wildman–Crippen LogP) is 3.91. The first-order valence-electron chi connectivity index (χ1n) is 8.60. The van der Waals surface area contributed by atoms with Gasteiger partial charge in [0.05, 0.1) is 18.7 Å². The first-order chi connectivity index (χ1) is 11.3. The lowest BCUT2D eigenvalue weighted by molar-refractivity contribution is 0.116. The first kappa shape index (κ1) is 16.1. The molecule has 0 saturated carbocycles. The van der Waals surface area contributed by atoms with Gasteiger partial charge in [-0.2, -0.15) is 0 Å². The zero-order valence-electron chi connectivity index (χ0n) is 13.5. The fourth-order valence-corrected chi connectivity index (χ4v) is 3.24. The van der Waals surface area contributed by atoms with Crippen LogP contribution in [0.2, 0.25) is 0 Å². The molecular formula is C19H25NO3. The summed E-state index contributed by atoms with van der Waals surface area (Å²) in [6.07, 6.45) is 9.75. The molecule has 0 spiro atoms. The van der Waals surface area contributed by atoms with Gasteiger partial charge in [-0.25, -0.2) is 4.79 Å². The molecule has 1 fully saturated rings. The van der Waals surface area contributed by atoms with Gasteiger partial charge in [0.15, 0.2) is 0 Å². The Bertz CT molecular complexity index is 529. The Morgan fingerprint density at radius 1 is 1.09 bits per heavy atom. The van der Waals surface area contributed by atoms with Gasteiger partial charge in [-0.15, -0.1) is 0 Å². The average Bonchev–Trinajstić information content (AvgIpc) is 3.15. The van der Waals surface area contributed by atoms with E-state index >= 15 is 0 Å². The molecule has 0 bridgehead atoms. The van der Waals surface area contributed by atoms with Crippen molar-refractivity contribution in [1.82, 2.24) is 4.90 Å². The molecule has 0 aliphatic carbocycles. The highest BCUT2D eigenvalue weighted by atomic mass is 16.6. The predicted molar refractivity (Wildman–Crippen MR) is 89.1 cm³/mol. The van der Waals surface area contributed by atoms with E-state index in [1.165, 1.54) is 18.4 Å². The number of rotatable bonds is 9. The zero-order chi connectivity index (χ0) is 15.9. The lowest BCUT2D eigenvalue weighted by atomic mass is 10.1. The van der Waals surface area contributed by atoms with Crippen molar-refractivity contribution < 1.29 is 14.3 Å². The highest BCUT2D eigenvalue weighted by Gasteiger charge is 2.38. The molecule has 1 amide bonds. The third kappa shape index (κ3) is 4.35. The topological polar surface area (TPSA) is 38.8 Å². The number of hydrogen-bond donors (Lipinski definition) is 0. The minimum atomic E-state index is -0.153. The number of nitrogens with zero attached hydrogens (tertiary/aromatic N) is 1. The fourth-order valence-electron chi connectivity index (χ4n) is 3.24. The Kier molecular flexibility index (Phi) is 5.70. The van der Waals surface area contributed by atoms with E-state index in [4.69, 9.17) is 9.47 Å². The van der Waals surface area contributed by atoms with Crippen molar-refractivity contribution in [3.8, 4) is 0 Å². The van der Waals surface area contributed by atoms with Gasteiger partial charge in [-0.1, -0.05) is 61.7 Å². The zero-order valence-corrected chi connectivity index (χ0v) is 13.5. The molecule has 0 aromatic heterocycles. The van der Waals surface area contributed by atoms with Crippen molar-refractivity contribution in [1.29, 1.82) is 0 Å². The van der Waals surface area contributed by atoms with Crippen molar-refractivity contribution in [2.75, 3.05) is 13.2 Å². The highest BCUT2D eigenvalue weighted by Crippen LogP contribution is 2.27. The van der Waals surface area contributed by atoms with E-state index < -0.39 is 0 Å². The van der Waals surface area contributed by atoms with Gasteiger partial charge in [0.25, 0.3) is 0 Å². The molecule has 2 atom stereocenters. The minimum Gasteiger partial charge on any atom is -0.447 e. The number of carbonyl (C=O) groups excluding carboxylic acids is 1. The fraction of sp³-hybridized carbons (Fsp3) is 0.526. The van der Waals surface area contributed by atoms with E-state index in [-0.39, 0.29) is 18.2 Å². The Morgan fingerprint density at radius 3 is 2.78 bits per heavy atom. The quantitative estimate of drug-likeness (QED) is 0.512. The standard InChI is InChI=1S/C19H25NO3/c21-19-20-17(11-12-18(20)15-23-19)10-6-1-2-7-13-22-14-16-8-4-3-5-9-16/h3-5,8-9,11-12,17-18H,1-2,6-7,10,13-15H2/t17-,18+/m0/s1. The van der Waals surface area contributed by atoms with Gasteiger partial charge in [-0.05, 0) is 18.4 Å². The molecule has 3 rings (SSSR count). The minimum absolute atomic E-state index is 0.153. The van der Waals surface area contributed by atoms with E-state index in [1.807, 2.05) is 23.1 Å². The molecule has 1 aromatic carbocycles. The SMILES string of the molecule is O=C1OC[C@H]2C=C[C@H](CCCCCCOCc3ccccc3)N12. The maximum absolute atomic E-state index is 11.6. The summed E-state index contributed by atoms with van der Waals surface area (Å²) >= 11 is 0. The third-order valence-electron chi connectivity index (χ3n) is 4.51. The smallest absolute Gasteiger partial charge is 0.410 e. The van der Waals surface area contributed by atoms with E-state index in [0.717, 1.165) is 25.9 Å². The Labute approximate surface area is 138 Å². The normalized spacial score (nSPS) is 22.4. The molecule has 4 heteroatoms. The number of carbonyl (C=O) groups is 1. The van der Waals surface area contributed by atoms with Crippen molar-refractivity contribution in [3.63, 3.8) is 0 Å². The van der Waals surface area contributed by atoms with E-state index in [0.29, 0.717) is 13.2 Å². The largest absolute Gasteiger partial charge is 0.447 e. The van der Waals surface area contributed by atoms with Crippen LogP contribution >= 0.6 is 0 Å². The second kappa shape index (κ2) is 8.16. The van der Waals surface area contributed by atoms with Gasteiger partial charge in [-0.3, -0.25) is 4.90 Å². The Balaban J connectivity index is 1.21. The molecule has 0 radical (unpaired) electrons. The number of unbranched alkanes of at least 4 members (excludes halogenated alkanes) is 3. The van der Waals surface area contributed by atoms with Crippen LogP contribution in [0.5, 0.6) is 0 Å². The summed E-state index contributed by atoms with van der Waals surface area (Å²) < 4.78 is 10.8. The van der Waals surface area contributed by atoms with Gasteiger partial charge >= 0.3 is 6.09 Å². The second-order valence-corrected chi connectivity index (χ2v) is 6.24. The first-order valence-corrected chi connectivity index (χ1v) is 8.60. The highest BCUT2D eigenvalue weighted by molar-refractivity contribution is 5.72. The van der Waals surface area contributed by atoms with Gasteiger partial charge < -0.3 is 9.47 Å². The van der Waals surface area contributed by atoms with Crippen molar-refractivity contribution in [2.24, 2.45) is 0 Å². The molecule has 2 aliphatic heterocycles. The van der Waals surface area contributed by atoms with Crippen molar-refractivity contribution >= 4 is 6.09 Å². The number of benzene rings is 1. The molecule has 124 valence electrons. The van der Waals surface area contributed by atoms with Crippen molar-refractivity contribution in [3.05, 3.63) is 48.0 Å². The Morgan fingerprint density at radius 2 is 1.91 bits per heavy atom. The van der Waals surface area contributed by atoms with Crippen LogP contribution in [0.3, 0.4) is 0 Å². The number of amides is 1. The summed E-state index contributed by atoms with van der Waals surface area (Å²) in [5.41, 5.74) is 1.23. The molecule has 0 unspecified atom stereocenters. The third-order valence-corrected chi connectivity index (χ3v) is 4.51. The van der Waals surface area contributed by atoms with E-state index in [2.05, 4.69) is 24.3 Å². The molecule has 1 aromatic rings. The lowest BCUT2D eigenvalue weighted by Gasteiger charge is -2.21. The Hall–Kier alpha value is -1.81. The number of fused-ring (bicyclic) bond motifs is 1. The van der Waals surface area contributed by atoms with Crippen molar-refractivity contribution in [2.45, 2.75) is 50.8 Å². The molecular weight excluding hydrogens is 290 g/mol. The number of cyclic esters (lactones) is 1. The van der Waals surface area contributed by atoms with Crippen LogP contribution in [0.15, 0.2) is 42.5 Å². The maximum Gasteiger partial charge on any atom is 0.410 e. The summed E-state index contributed by atoms with van der Waals surface area (Å²) in [6, 6.07) is 10.7. The summed E-state index contributed by atoms with van der Waals surface area (Å²) in [7, 11) is 0. The van der Waals surface area contributed by atoms with Gasteiger partial charge in [0.2, 0.25) is 0 Å².